The van der Waals surface area contributed by atoms with Crippen LogP contribution in [-0.4, -0.2) is 31.4 Å². The van der Waals surface area contributed by atoms with Gasteiger partial charge in [-0.2, -0.15) is 0 Å². The summed E-state index contributed by atoms with van der Waals surface area (Å²) in [7, 11) is 0. The van der Waals surface area contributed by atoms with E-state index in [2.05, 4.69) is 24.8 Å². The van der Waals surface area contributed by atoms with Gasteiger partial charge in [0.2, 0.25) is 0 Å². The summed E-state index contributed by atoms with van der Waals surface area (Å²) in [6, 6.07) is 7.80. The minimum absolute atomic E-state index is 0.0975. The Kier molecular flexibility index (Phi) is 4.29. The number of halogens is 1. The van der Waals surface area contributed by atoms with Gasteiger partial charge in [-0.3, -0.25) is 9.69 Å². The molecule has 0 bridgehead atoms. The second-order valence-corrected chi connectivity index (χ2v) is 6.49. The quantitative estimate of drug-likeness (QED) is 0.782. The van der Waals surface area contributed by atoms with Crippen LogP contribution in [0.15, 0.2) is 47.8 Å². The van der Waals surface area contributed by atoms with E-state index < -0.39 is 0 Å². The van der Waals surface area contributed by atoms with Gasteiger partial charge in [-0.1, -0.05) is 23.7 Å². The van der Waals surface area contributed by atoms with E-state index in [4.69, 9.17) is 11.6 Å². The molecule has 0 fully saturated rings. The topological polar surface area (TPSA) is 74.8 Å². The van der Waals surface area contributed by atoms with Crippen LogP contribution in [0.25, 0.3) is 11.4 Å². The molecule has 6 nitrogen and oxygen atoms in total. The van der Waals surface area contributed by atoms with Crippen LogP contribution in [0.2, 0.25) is 5.02 Å². The lowest BCUT2D eigenvalue weighted by molar-refractivity contribution is 0.242. The Morgan fingerprint density at radius 3 is 2.88 bits per heavy atom. The van der Waals surface area contributed by atoms with Gasteiger partial charge in [0.25, 0.3) is 5.56 Å². The highest BCUT2D eigenvalue weighted by atomic mass is 35.5. The number of nitrogens with zero attached hydrogens (tertiary/aromatic N) is 4. The van der Waals surface area contributed by atoms with Crippen LogP contribution in [0, 0.1) is 0 Å². The van der Waals surface area contributed by atoms with Crippen LogP contribution in [-0.2, 0) is 19.5 Å². The minimum atomic E-state index is -0.0975. The molecular formula is C18H16ClN5O. The lowest BCUT2D eigenvalue weighted by Gasteiger charge is -2.27. The summed E-state index contributed by atoms with van der Waals surface area (Å²) in [5.74, 6) is 0.521. The van der Waals surface area contributed by atoms with Crippen molar-refractivity contribution < 1.29 is 0 Å². The van der Waals surface area contributed by atoms with Crippen molar-refractivity contribution in [3.63, 3.8) is 0 Å². The maximum Gasteiger partial charge on any atom is 0.255 e. The second kappa shape index (κ2) is 6.74. The standard InChI is InChI=1S/C18H16ClN5O/c19-14-3-1-2-12(6-14)9-24-5-4-16-15(10-24)18(25)23-17(22-16)13-7-20-11-21-8-13/h1-3,6-8,11H,4-5,9-10H2,(H,22,23,25). The zero-order chi connectivity index (χ0) is 17.2. The smallest absolute Gasteiger partial charge is 0.255 e. The number of nitrogens with one attached hydrogen (secondary N) is 1. The van der Waals surface area contributed by atoms with Crippen molar-refractivity contribution in [1.82, 2.24) is 24.8 Å². The normalized spacial score (nSPS) is 14.3. The van der Waals surface area contributed by atoms with E-state index in [0.29, 0.717) is 17.9 Å². The van der Waals surface area contributed by atoms with Gasteiger partial charge in [0, 0.05) is 43.5 Å². The highest BCUT2D eigenvalue weighted by molar-refractivity contribution is 6.30. The average molecular weight is 354 g/mol. The molecule has 1 aliphatic heterocycles. The van der Waals surface area contributed by atoms with Crippen molar-refractivity contribution in [3.05, 3.63) is 75.2 Å². The largest absolute Gasteiger partial charge is 0.306 e. The van der Waals surface area contributed by atoms with Gasteiger partial charge < -0.3 is 4.98 Å². The zero-order valence-corrected chi connectivity index (χ0v) is 14.2. The van der Waals surface area contributed by atoms with Gasteiger partial charge in [0.05, 0.1) is 16.8 Å². The SMILES string of the molecule is O=c1[nH]c(-c2cncnc2)nc2c1CN(Cc1cccc(Cl)c1)CC2. The van der Waals surface area contributed by atoms with E-state index in [-0.39, 0.29) is 5.56 Å². The van der Waals surface area contributed by atoms with E-state index in [1.807, 2.05) is 24.3 Å². The van der Waals surface area contributed by atoms with Crippen LogP contribution in [0.1, 0.15) is 16.8 Å². The number of aromatic nitrogens is 4. The third-order valence-corrected chi connectivity index (χ3v) is 4.51. The number of rotatable bonds is 3. The zero-order valence-electron chi connectivity index (χ0n) is 13.4. The summed E-state index contributed by atoms with van der Waals surface area (Å²) in [5.41, 5.74) is 3.33. The summed E-state index contributed by atoms with van der Waals surface area (Å²) in [4.78, 5) is 30.2. The van der Waals surface area contributed by atoms with Crippen LogP contribution < -0.4 is 5.56 Å². The molecule has 3 heterocycles. The molecule has 126 valence electrons. The molecule has 0 saturated carbocycles. The molecule has 0 atom stereocenters. The van der Waals surface area contributed by atoms with E-state index in [9.17, 15) is 4.79 Å². The Hall–Kier alpha value is -2.57. The van der Waals surface area contributed by atoms with Crippen LogP contribution in [0.3, 0.4) is 0 Å². The number of fused-ring (bicyclic) bond motifs is 1. The highest BCUT2D eigenvalue weighted by Gasteiger charge is 2.21. The summed E-state index contributed by atoms with van der Waals surface area (Å²) in [6.45, 7) is 2.18. The molecule has 0 aliphatic carbocycles. The van der Waals surface area contributed by atoms with Crippen LogP contribution in [0.5, 0.6) is 0 Å². The third kappa shape index (κ3) is 3.45. The van der Waals surface area contributed by atoms with Crippen molar-refractivity contribution >= 4 is 11.6 Å². The summed E-state index contributed by atoms with van der Waals surface area (Å²) < 4.78 is 0. The van der Waals surface area contributed by atoms with Gasteiger partial charge in [-0.25, -0.2) is 15.0 Å². The Labute approximate surface area is 149 Å². The van der Waals surface area contributed by atoms with Crippen molar-refractivity contribution in [2.75, 3.05) is 6.54 Å². The van der Waals surface area contributed by atoms with Gasteiger partial charge in [0.15, 0.2) is 0 Å². The fourth-order valence-electron chi connectivity index (χ4n) is 3.07. The molecule has 2 aromatic heterocycles. The third-order valence-electron chi connectivity index (χ3n) is 4.28. The Morgan fingerprint density at radius 1 is 1.24 bits per heavy atom. The average Bonchev–Trinajstić information content (AvgIpc) is 2.63. The first-order valence-corrected chi connectivity index (χ1v) is 8.41. The maximum atomic E-state index is 12.5. The van der Waals surface area contributed by atoms with Crippen LogP contribution >= 0.6 is 11.6 Å². The predicted molar refractivity (Wildman–Crippen MR) is 95.2 cm³/mol. The Morgan fingerprint density at radius 2 is 2.08 bits per heavy atom. The molecule has 0 saturated heterocycles. The van der Waals surface area contributed by atoms with Crippen molar-refractivity contribution in [2.45, 2.75) is 19.5 Å². The minimum Gasteiger partial charge on any atom is -0.306 e. The van der Waals surface area contributed by atoms with Crippen molar-refractivity contribution in [1.29, 1.82) is 0 Å². The molecule has 3 aromatic rings. The number of H-pyrrole nitrogens is 1. The maximum absolute atomic E-state index is 12.5. The van der Waals surface area contributed by atoms with Crippen molar-refractivity contribution in [2.24, 2.45) is 0 Å². The van der Waals surface area contributed by atoms with Gasteiger partial charge >= 0.3 is 0 Å². The highest BCUT2D eigenvalue weighted by Crippen LogP contribution is 2.20. The van der Waals surface area contributed by atoms with Gasteiger partial charge in [0.1, 0.15) is 12.2 Å². The first-order valence-electron chi connectivity index (χ1n) is 8.03. The summed E-state index contributed by atoms with van der Waals surface area (Å²) in [5, 5.41) is 0.726. The van der Waals surface area contributed by atoms with E-state index in [1.54, 1.807) is 12.4 Å². The lowest BCUT2D eigenvalue weighted by Crippen LogP contribution is -2.35. The fourth-order valence-corrected chi connectivity index (χ4v) is 3.28. The van der Waals surface area contributed by atoms with Gasteiger partial charge in [-0.05, 0) is 17.7 Å². The molecular weight excluding hydrogens is 338 g/mol. The Bertz CT molecular complexity index is 957. The van der Waals surface area contributed by atoms with Gasteiger partial charge in [-0.15, -0.1) is 0 Å². The molecule has 0 spiro atoms. The molecule has 0 amide bonds. The monoisotopic (exact) mass is 353 g/mol. The lowest BCUT2D eigenvalue weighted by atomic mass is 10.1. The summed E-state index contributed by atoms with van der Waals surface area (Å²) >= 11 is 6.05. The molecule has 1 N–H and O–H groups in total. The first-order chi connectivity index (χ1) is 12.2. The number of aromatic amines is 1. The van der Waals surface area contributed by atoms with Crippen LogP contribution in [0.4, 0.5) is 0 Å². The fraction of sp³-hybridized carbons (Fsp3) is 0.222. The molecule has 1 aliphatic rings. The number of hydrogen-bond donors (Lipinski definition) is 1. The number of benzene rings is 1. The molecule has 7 heteroatoms. The molecule has 25 heavy (non-hydrogen) atoms. The molecule has 4 rings (SSSR count). The first kappa shape index (κ1) is 15.9. The summed E-state index contributed by atoms with van der Waals surface area (Å²) in [6.07, 6.45) is 5.48. The molecule has 0 radical (unpaired) electrons. The number of hydrogen-bond acceptors (Lipinski definition) is 5. The predicted octanol–water partition coefficient (Wildman–Crippen LogP) is 2.44. The molecule has 0 unspecified atom stereocenters. The second-order valence-electron chi connectivity index (χ2n) is 6.06. The van der Waals surface area contributed by atoms with E-state index >= 15 is 0 Å². The van der Waals surface area contributed by atoms with E-state index in [0.717, 1.165) is 41.4 Å². The molecule has 1 aromatic carbocycles. The van der Waals surface area contributed by atoms with Crippen molar-refractivity contribution in [3.8, 4) is 11.4 Å². The Balaban J connectivity index is 1.58. The van der Waals surface area contributed by atoms with E-state index in [1.165, 1.54) is 6.33 Å².